The van der Waals surface area contributed by atoms with E-state index in [1.165, 1.54) is 10.4 Å². The van der Waals surface area contributed by atoms with Crippen LogP contribution in [0.2, 0.25) is 0 Å². The maximum atomic E-state index is 10.1. The number of aliphatic hydroxyl groups excluding tert-OH is 1. The minimum Gasteiger partial charge on any atom is -0.388 e. The van der Waals surface area contributed by atoms with E-state index in [-0.39, 0.29) is 6.10 Å². The number of hydrogen-bond acceptors (Lipinski definition) is 2. The molecule has 90 valence electrons. The smallest absolute Gasteiger partial charge is 0.0838 e. The van der Waals surface area contributed by atoms with Crippen molar-refractivity contribution in [3.8, 4) is 0 Å². The summed E-state index contributed by atoms with van der Waals surface area (Å²) in [6.45, 7) is 2.18. The predicted molar refractivity (Wildman–Crippen MR) is 73.4 cm³/mol. The summed E-state index contributed by atoms with van der Waals surface area (Å²) in [5.74, 6) is 0. The van der Waals surface area contributed by atoms with Crippen molar-refractivity contribution in [3.63, 3.8) is 0 Å². The Kier molecular flexibility index (Phi) is 4.35. The second-order valence-corrected chi connectivity index (χ2v) is 5.32. The molecule has 0 spiro atoms. The van der Waals surface area contributed by atoms with Crippen LogP contribution >= 0.6 is 11.3 Å². The quantitative estimate of drug-likeness (QED) is 0.846. The lowest BCUT2D eigenvalue weighted by atomic mass is 10.0. The van der Waals surface area contributed by atoms with E-state index in [0.29, 0.717) is 6.42 Å². The molecular formula is C15H18OS. The molecule has 0 saturated carbocycles. The zero-order chi connectivity index (χ0) is 12.1. The number of hydrogen-bond donors (Lipinski definition) is 1. The monoisotopic (exact) mass is 246 g/mol. The third-order valence-corrected chi connectivity index (χ3v) is 3.78. The molecular weight excluding hydrogens is 228 g/mol. The molecule has 0 aliphatic heterocycles. The van der Waals surface area contributed by atoms with Gasteiger partial charge < -0.3 is 5.11 Å². The van der Waals surface area contributed by atoms with Gasteiger partial charge in [-0.15, -0.1) is 11.3 Å². The summed E-state index contributed by atoms with van der Waals surface area (Å²) >= 11 is 1.70. The largest absolute Gasteiger partial charge is 0.388 e. The van der Waals surface area contributed by atoms with Gasteiger partial charge in [-0.1, -0.05) is 43.7 Å². The van der Waals surface area contributed by atoms with E-state index in [4.69, 9.17) is 0 Å². The van der Waals surface area contributed by atoms with Crippen LogP contribution in [0.25, 0.3) is 0 Å². The average molecular weight is 246 g/mol. The molecule has 1 nitrogen and oxygen atoms in total. The molecule has 0 aliphatic rings. The zero-order valence-electron chi connectivity index (χ0n) is 10.1. The molecule has 0 fully saturated rings. The maximum absolute atomic E-state index is 10.1. The van der Waals surface area contributed by atoms with E-state index in [2.05, 4.69) is 25.1 Å². The van der Waals surface area contributed by atoms with Crippen molar-refractivity contribution in [3.05, 3.63) is 57.8 Å². The Morgan fingerprint density at radius 1 is 1.18 bits per heavy atom. The standard InChI is InChI=1S/C15H18OS/c1-2-4-12-6-8-13(9-7-12)15(16)11-14-5-3-10-17-14/h3,5-10,15-16H,2,4,11H2,1H3. The summed E-state index contributed by atoms with van der Waals surface area (Å²) in [5, 5.41) is 12.2. The fourth-order valence-corrected chi connectivity index (χ4v) is 2.68. The van der Waals surface area contributed by atoms with Crippen molar-refractivity contribution < 1.29 is 5.11 Å². The van der Waals surface area contributed by atoms with Crippen molar-refractivity contribution in [2.24, 2.45) is 0 Å². The van der Waals surface area contributed by atoms with Crippen LogP contribution in [0.5, 0.6) is 0 Å². The Balaban J connectivity index is 2.01. The Labute approximate surface area is 107 Å². The molecule has 0 bridgehead atoms. The van der Waals surface area contributed by atoms with Crippen molar-refractivity contribution in [2.75, 3.05) is 0 Å². The topological polar surface area (TPSA) is 20.2 Å². The summed E-state index contributed by atoms with van der Waals surface area (Å²) < 4.78 is 0. The van der Waals surface area contributed by atoms with E-state index < -0.39 is 0 Å². The molecule has 1 heterocycles. The Morgan fingerprint density at radius 3 is 2.53 bits per heavy atom. The van der Waals surface area contributed by atoms with Gasteiger partial charge in [0.25, 0.3) is 0 Å². The molecule has 0 saturated heterocycles. The van der Waals surface area contributed by atoms with Crippen LogP contribution in [0.15, 0.2) is 41.8 Å². The lowest BCUT2D eigenvalue weighted by Crippen LogP contribution is -2.00. The van der Waals surface area contributed by atoms with E-state index in [0.717, 1.165) is 18.4 Å². The molecule has 1 aromatic carbocycles. The number of thiophene rings is 1. The predicted octanol–water partition coefficient (Wildman–Crippen LogP) is 3.98. The number of aryl methyl sites for hydroxylation is 1. The van der Waals surface area contributed by atoms with Crippen molar-refractivity contribution in [1.29, 1.82) is 0 Å². The van der Waals surface area contributed by atoms with Crippen molar-refractivity contribution in [2.45, 2.75) is 32.3 Å². The first-order valence-electron chi connectivity index (χ1n) is 6.09. The molecule has 2 rings (SSSR count). The molecule has 2 heteroatoms. The Bertz CT molecular complexity index is 430. The average Bonchev–Trinajstić information content (AvgIpc) is 2.83. The highest BCUT2D eigenvalue weighted by atomic mass is 32.1. The van der Waals surface area contributed by atoms with Gasteiger partial charge in [0.15, 0.2) is 0 Å². The summed E-state index contributed by atoms with van der Waals surface area (Å²) in [6, 6.07) is 12.4. The number of benzene rings is 1. The fraction of sp³-hybridized carbons (Fsp3) is 0.333. The van der Waals surface area contributed by atoms with Gasteiger partial charge in [0.1, 0.15) is 0 Å². The Hall–Kier alpha value is -1.12. The molecule has 0 amide bonds. The van der Waals surface area contributed by atoms with Crippen LogP contribution in [0.1, 0.15) is 35.5 Å². The number of aliphatic hydroxyl groups is 1. The molecule has 2 aromatic rings. The molecule has 0 radical (unpaired) electrons. The highest BCUT2D eigenvalue weighted by Crippen LogP contribution is 2.21. The highest BCUT2D eigenvalue weighted by Gasteiger charge is 2.08. The third-order valence-electron chi connectivity index (χ3n) is 2.88. The lowest BCUT2D eigenvalue weighted by Gasteiger charge is -2.10. The van der Waals surface area contributed by atoms with Crippen LogP contribution in [0.4, 0.5) is 0 Å². The fourth-order valence-electron chi connectivity index (χ4n) is 1.93. The van der Waals surface area contributed by atoms with E-state index in [1.807, 2.05) is 23.6 Å². The molecule has 1 atom stereocenters. The van der Waals surface area contributed by atoms with Gasteiger partial charge in [-0.3, -0.25) is 0 Å². The molecule has 17 heavy (non-hydrogen) atoms. The minimum absolute atomic E-state index is 0.385. The summed E-state index contributed by atoms with van der Waals surface area (Å²) in [6.07, 6.45) is 2.60. The van der Waals surface area contributed by atoms with Crippen LogP contribution < -0.4 is 0 Å². The van der Waals surface area contributed by atoms with Gasteiger partial charge in [0.2, 0.25) is 0 Å². The van der Waals surface area contributed by atoms with Gasteiger partial charge in [-0.2, -0.15) is 0 Å². The SMILES string of the molecule is CCCc1ccc(C(O)Cc2cccs2)cc1. The summed E-state index contributed by atoms with van der Waals surface area (Å²) in [7, 11) is 0. The first-order valence-corrected chi connectivity index (χ1v) is 6.97. The minimum atomic E-state index is -0.385. The Morgan fingerprint density at radius 2 is 1.94 bits per heavy atom. The van der Waals surface area contributed by atoms with Crippen LogP contribution in [0.3, 0.4) is 0 Å². The number of rotatable bonds is 5. The second-order valence-electron chi connectivity index (χ2n) is 4.29. The van der Waals surface area contributed by atoms with E-state index in [9.17, 15) is 5.11 Å². The summed E-state index contributed by atoms with van der Waals surface area (Å²) in [5.41, 5.74) is 2.36. The zero-order valence-corrected chi connectivity index (χ0v) is 10.9. The second kappa shape index (κ2) is 5.99. The van der Waals surface area contributed by atoms with Gasteiger partial charge >= 0.3 is 0 Å². The van der Waals surface area contributed by atoms with Gasteiger partial charge in [-0.25, -0.2) is 0 Å². The lowest BCUT2D eigenvalue weighted by molar-refractivity contribution is 0.179. The normalized spacial score (nSPS) is 12.6. The highest BCUT2D eigenvalue weighted by molar-refractivity contribution is 7.09. The van der Waals surface area contributed by atoms with Crippen LogP contribution in [-0.4, -0.2) is 5.11 Å². The van der Waals surface area contributed by atoms with Crippen LogP contribution in [0, 0.1) is 0 Å². The van der Waals surface area contributed by atoms with Gasteiger partial charge in [0, 0.05) is 11.3 Å². The van der Waals surface area contributed by atoms with E-state index in [1.54, 1.807) is 11.3 Å². The van der Waals surface area contributed by atoms with Crippen LogP contribution in [-0.2, 0) is 12.8 Å². The first kappa shape index (κ1) is 12.3. The first-order chi connectivity index (χ1) is 8.29. The molecule has 1 unspecified atom stereocenters. The maximum Gasteiger partial charge on any atom is 0.0838 e. The third kappa shape index (κ3) is 3.42. The summed E-state index contributed by atoms with van der Waals surface area (Å²) in [4.78, 5) is 1.23. The van der Waals surface area contributed by atoms with Gasteiger partial charge in [0.05, 0.1) is 6.10 Å². The van der Waals surface area contributed by atoms with E-state index >= 15 is 0 Å². The molecule has 0 aliphatic carbocycles. The molecule has 1 N–H and O–H groups in total. The van der Waals surface area contributed by atoms with Gasteiger partial charge in [-0.05, 0) is 29.0 Å². The van der Waals surface area contributed by atoms with Crippen molar-refractivity contribution >= 4 is 11.3 Å². The molecule has 1 aromatic heterocycles. The van der Waals surface area contributed by atoms with Crippen molar-refractivity contribution in [1.82, 2.24) is 0 Å².